The lowest BCUT2D eigenvalue weighted by Crippen LogP contribution is -1.79. The van der Waals surface area contributed by atoms with Crippen molar-refractivity contribution in [1.82, 2.24) is 14.5 Å². The van der Waals surface area contributed by atoms with Gasteiger partial charge in [0.05, 0.1) is 12.0 Å². The number of rotatable bonds is 1. The highest BCUT2D eigenvalue weighted by atomic mass is 15.0. The van der Waals surface area contributed by atoms with Crippen LogP contribution in [0.25, 0.3) is 22.2 Å². The number of H-pyrrole nitrogens is 1. The molecule has 2 heterocycles. The molecule has 0 bridgehead atoms. The van der Waals surface area contributed by atoms with Crippen LogP contribution in [0.4, 0.5) is 0 Å². The predicted octanol–water partition coefficient (Wildman–Crippen LogP) is 2.57. The lowest BCUT2D eigenvalue weighted by Gasteiger charge is -1.98. The first-order chi connectivity index (χ1) is 7.34. The number of fused-ring (bicyclic) bond motifs is 1. The van der Waals surface area contributed by atoms with Crippen molar-refractivity contribution in [3.05, 3.63) is 43.0 Å². The van der Waals surface area contributed by atoms with Crippen LogP contribution < -0.4 is 0 Å². The fourth-order valence-corrected chi connectivity index (χ4v) is 1.86. The van der Waals surface area contributed by atoms with Gasteiger partial charge < -0.3 is 9.55 Å². The van der Waals surface area contributed by atoms with Gasteiger partial charge in [-0.25, -0.2) is 4.98 Å². The average molecular weight is 197 g/mol. The molecule has 0 atom stereocenters. The molecule has 0 unspecified atom stereocenters. The Labute approximate surface area is 87.4 Å². The largest absolute Gasteiger partial charge is 0.361 e. The molecule has 74 valence electrons. The van der Waals surface area contributed by atoms with Gasteiger partial charge in [-0.3, -0.25) is 0 Å². The molecule has 3 aromatic rings. The summed E-state index contributed by atoms with van der Waals surface area (Å²) < 4.78 is 1.96. The molecule has 1 N–H and O–H groups in total. The van der Waals surface area contributed by atoms with E-state index < -0.39 is 0 Å². The van der Waals surface area contributed by atoms with Gasteiger partial charge in [-0.1, -0.05) is 12.1 Å². The Bertz CT molecular complexity index is 604. The molecular formula is C12H11N3. The maximum absolute atomic E-state index is 4.36. The van der Waals surface area contributed by atoms with Crippen molar-refractivity contribution in [2.45, 2.75) is 0 Å². The van der Waals surface area contributed by atoms with Gasteiger partial charge in [0.15, 0.2) is 0 Å². The first kappa shape index (κ1) is 8.29. The van der Waals surface area contributed by atoms with Crippen LogP contribution in [-0.4, -0.2) is 14.5 Å². The summed E-state index contributed by atoms with van der Waals surface area (Å²) in [5, 5.41) is 1.22. The predicted molar refractivity (Wildman–Crippen MR) is 60.5 cm³/mol. The van der Waals surface area contributed by atoms with Crippen molar-refractivity contribution in [2.75, 3.05) is 0 Å². The van der Waals surface area contributed by atoms with Crippen molar-refractivity contribution in [3.8, 4) is 11.3 Å². The molecule has 0 aliphatic heterocycles. The summed E-state index contributed by atoms with van der Waals surface area (Å²) in [4.78, 5) is 7.57. The molecule has 0 aliphatic rings. The summed E-state index contributed by atoms with van der Waals surface area (Å²) in [6.07, 6.45) is 5.81. The minimum absolute atomic E-state index is 1.02. The zero-order valence-corrected chi connectivity index (χ0v) is 8.44. The first-order valence-corrected chi connectivity index (χ1v) is 4.89. The van der Waals surface area contributed by atoms with Gasteiger partial charge in [0.2, 0.25) is 0 Å². The Hall–Kier alpha value is -2.03. The lowest BCUT2D eigenvalue weighted by molar-refractivity contribution is 0.913. The van der Waals surface area contributed by atoms with Crippen LogP contribution in [0.3, 0.4) is 0 Å². The second kappa shape index (κ2) is 2.98. The zero-order chi connectivity index (χ0) is 10.3. The normalized spacial score (nSPS) is 11.0. The number of aromatic amines is 1. The number of imidazole rings is 1. The van der Waals surface area contributed by atoms with Gasteiger partial charge in [0, 0.05) is 35.9 Å². The molecule has 3 heteroatoms. The standard InChI is InChI=1S/C12H11N3/c1-15-7-12(14-8-15)9-3-2-4-11-10(9)5-6-13-11/h2-8,13H,1H3. The number of nitrogens with one attached hydrogen (secondary N) is 1. The number of nitrogens with zero attached hydrogens (tertiary/aromatic N) is 2. The van der Waals surface area contributed by atoms with Gasteiger partial charge in [-0.15, -0.1) is 0 Å². The van der Waals surface area contributed by atoms with E-state index >= 15 is 0 Å². The fourth-order valence-electron chi connectivity index (χ4n) is 1.86. The first-order valence-electron chi connectivity index (χ1n) is 4.89. The highest BCUT2D eigenvalue weighted by Gasteiger charge is 2.05. The number of aryl methyl sites for hydroxylation is 1. The summed E-state index contributed by atoms with van der Waals surface area (Å²) in [5.74, 6) is 0. The molecule has 3 nitrogen and oxygen atoms in total. The summed E-state index contributed by atoms with van der Waals surface area (Å²) >= 11 is 0. The third-order valence-electron chi connectivity index (χ3n) is 2.58. The molecule has 2 aromatic heterocycles. The van der Waals surface area contributed by atoms with Gasteiger partial charge in [0.25, 0.3) is 0 Å². The summed E-state index contributed by atoms with van der Waals surface area (Å²) in [6.45, 7) is 0. The average Bonchev–Trinajstić information content (AvgIpc) is 2.84. The maximum atomic E-state index is 4.36. The summed E-state index contributed by atoms with van der Waals surface area (Å²) in [5.41, 5.74) is 3.34. The van der Waals surface area contributed by atoms with Crippen molar-refractivity contribution in [1.29, 1.82) is 0 Å². The zero-order valence-electron chi connectivity index (χ0n) is 8.44. The molecule has 0 spiro atoms. The molecule has 0 fully saturated rings. The fraction of sp³-hybridized carbons (Fsp3) is 0.0833. The van der Waals surface area contributed by atoms with E-state index in [1.807, 2.05) is 36.4 Å². The summed E-state index contributed by atoms with van der Waals surface area (Å²) in [7, 11) is 1.98. The Morgan fingerprint density at radius 1 is 1.27 bits per heavy atom. The molecule has 0 saturated heterocycles. The Morgan fingerprint density at radius 2 is 2.20 bits per heavy atom. The van der Waals surface area contributed by atoms with Gasteiger partial charge >= 0.3 is 0 Å². The Kier molecular flexibility index (Phi) is 1.65. The van der Waals surface area contributed by atoms with E-state index in [0.29, 0.717) is 0 Å². The third-order valence-corrected chi connectivity index (χ3v) is 2.58. The number of hydrogen-bond acceptors (Lipinski definition) is 1. The molecule has 3 rings (SSSR count). The summed E-state index contributed by atoms with van der Waals surface area (Å²) in [6, 6.07) is 8.29. The van der Waals surface area contributed by atoms with E-state index in [0.717, 1.165) is 11.2 Å². The van der Waals surface area contributed by atoms with Crippen molar-refractivity contribution in [2.24, 2.45) is 7.05 Å². The van der Waals surface area contributed by atoms with Crippen LogP contribution in [0.15, 0.2) is 43.0 Å². The van der Waals surface area contributed by atoms with E-state index in [9.17, 15) is 0 Å². The lowest BCUT2D eigenvalue weighted by atomic mass is 10.1. The van der Waals surface area contributed by atoms with Gasteiger partial charge in [0.1, 0.15) is 0 Å². The van der Waals surface area contributed by atoms with Gasteiger partial charge in [-0.2, -0.15) is 0 Å². The monoisotopic (exact) mass is 197 g/mol. The molecule has 1 aromatic carbocycles. The van der Waals surface area contributed by atoms with Gasteiger partial charge in [-0.05, 0) is 12.1 Å². The molecular weight excluding hydrogens is 186 g/mol. The molecule has 15 heavy (non-hydrogen) atoms. The SMILES string of the molecule is Cn1cnc(-c2cccc3[nH]ccc23)c1. The van der Waals surface area contributed by atoms with E-state index in [1.165, 1.54) is 10.9 Å². The van der Waals surface area contributed by atoms with Crippen LogP contribution in [-0.2, 0) is 7.05 Å². The quantitative estimate of drug-likeness (QED) is 0.639. The molecule has 0 amide bonds. The van der Waals surface area contributed by atoms with Crippen LogP contribution in [0, 0.1) is 0 Å². The third kappa shape index (κ3) is 1.24. The van der Waals surface area contributed by atoms with Crippen molar-refractivity contribution >= 4 is 10.9 Å². The van der Waals surface area contributed by atoms with E-state index in [-0.39, 0.29) is 0 Å². The Balaban J connectivity index is 2.30. The van der Waals surface area contributed by atoms with E-state index in [4.69, 9.17) is 0 Å². The second-order valence-corrected chi connectivity index (χ2v) is 3.67. The second-order valence-electron chi connectivity index (χ2n) is 3.67. The van der Waals surface area contributed by atoms with Crippen LogP contribution in [0.5, 0.6) is 0 Å². The van der Waals surface area contributed by atoms with Crippen LogP contribution in [0.2, 0.25) is 0 Å². The van der Waals surface area contributed by atoms with E-state index in [2.05, 4.69) is 28.2 Å². The van der Waals surface area contributed by atoms with E-state index in [1.54, 1.807) is 0 Å². The van der Waals surface area contributed by atoms with Crippen molar-refractivity contribution in [3.63, 3.8) is 0 Å². The van der Waals surface area contributed by atoms with Crippen LogP contribution in [0.1, 0.15) is 0 Å². The van der Waals surface area contributed by atoms with Crippen molar-refractivity contribution < 1.29 is 0 Å². The smallest absolute Gasteiger partial charge is 0.0951 e. The highest BCUT2D eigenvalue weighted by Crippen LogP contribution is 2.26. The topological polar surface area (TPSA) is 33.6 Å². The highest BCUT2D eigenvalue weighted by molar-refractivity contribution is 5.93. The molecule has 0 saturated carbocycles. The van der Waals surface area contributed by atoms with Crippen LogP contribution >= 0.6 is 0 Å². The minimum atomic E-state index is 1.02. The molecule has 0 aliphatic carbocycles. The number of benzene rings is 1. The molecule has 0 radical (unpaired) electrons. The number of hydrogen-bond donors (Lipinski definition) is 1. The maximum Gasteiger partial charge on any atom is 0.0951 e. The Morgan fingerprint density at radius 3 is 3.00 bits per heavy atom. The minimum Gasteiger partial charge on any atom is -0.361 e. The number of aromatic nitrogens is 3.